The Morgan fingerprint density at radius 2 is 1.96 bits per heavy atom. The summed E-state index contributed by atoms with van der Waals surface area (Å²) in [6.45, 7) is 2.88. The van der Waals surface area contributed by atoms with Crippen molar-refractivity contribution in [3.8, 4) is 0 Å². The van der Waals surface area contributed by atoms with Crippen molar-refractivity contribution in [2.45, 2.75) is 49.8 Å². The van der Waals surface area contributed by atoms with E-state index in [1.54, 1.807) is 14.0 Å². The van der Waals surface area contributed by atoms with Crippen LogP contribution in [-0.4, -0.2) is 36.4 Å². The van der Waals surface area contributed by atoms with Crippen molar-refractivity contribution in [3.63, 3.8) is 0 Å². The zero-order valence-corrected chi connectivity index (χ0v) is 17.4. The van der Waals surface area contributed by atoms with Gasteiger partial charge >= 0.3 is 0 Å². The Morgan fingerprint density at radius 3 is 2.62 bits per heavy atom. The number of fused-ring (bicyclic) bond motifs is 1. The molecule has 1 saturated carbocycles. The van der Waals surface area contributed by atoms with Crippen LogP contribution in [0.15, 0.2) is 0 Å². The van der Waals surface area contributed by atoms with E-state index in [1.807, 2.05) is 0 Å². The van der Waals surface area contributed by atoms with Crippen LogP contribution in [0, 0.1) is 5.41 Å². The number of ether oxygens (including phenoxy) is 1. The van der Waals surface area contributed by atoms with Gasteiger partial charge in [-0.3, -0.25) is 9.59 Å². The molecule has 1 unspecified atom stereocenters. The number of halogens is 2. The van der Waals surface area contributed by atoms with Crippen molar-refractivity contribution in [2.24, 2.45) is 5.41 Å². The van der Waals surface area contributed by atoms with Crippen LogP contribution in [-0.2, 0) is 22.4 Å². The first-order valence-corrected chi connectivity index (χ1v) is 10.5. The number of nitrogens with one attached hydrogen (secondary N) is 2. The van der Waals surface area contributed by atoms with E-state index in [-0.39, 0.29) is 11.8 Å². The Labute approximate surface area is 167 Å². The van der Waals surface area contributed by atoms with E-state index < -0.39 is 9.75 Å². The fraction of sp³-hybridized carbons (Fsp3) is 0.667. The molecular weight excluding hydrogens is 395 g/mol. The number of hydrogen-bond donors (Lipinski definition) is 2. The lowest BCUT2D eigenvalue weighted by molar-refractivity contribution is -0.120. The molecule has 2 amide bonds. The monoisotopic (exact) mass is 418 g/mol. The zero-order valence-electron chi connectivity index (χ0n) is 15.0. The first kappa shape index (κ1) is 19.9. The average Bonchev–Trinajstić information content (AvgIpc) is 2.95. The van der Waals surface area contributed by atoms with Crippen molar-refractivity contribution >= 4 is 51.4 Å². The Hall–Kier alpha value is -0.820. The molecule has 1 aromatic heterocycles. The third-order valence-electron chi connectivity index (χ3n) is 5.20. The summed E-state index contributed by atoms with van der Waals surface area (Å²) in [6, 6.07) is 0. The molecule has 0 saturated heterocycles. The topological polar surface area (TPSA) is 67.4 Å². The molecule has 8 heteroatoms. The molecular formula is C18H24Cl2N2O3S. The summed E-state index contributed by atoms with van der Waals surface area (Å²) in [4.78, 5) is 26.7. The number of methoxy groups -OCH3 is 1. The number of anilines is 1. The number of carbonyl (C=O) groups is 2. The second-order valence-corrected chi connectivity index (χ2v) is 9.77. The molecule has 2 aliphatic carbocycles. The van der Waals surface area contributed by atoms with Crippen molar-refractivity contribution in [1.29, 1.82) is 0 Å². The lowest BCUT2D eigenvalue weighted by Gasteiger charge is -2.15. The fourth-order valence-electron chi connectivity index (χ4n) is 3.29. The van der Waals surface area contributed by atoms with Crippen LogP contribution in [0.25, 0.3) is 0 Å². The molecule has 0 aliphatic heterocycles. The summed E-state index contributed by atoms with van der Waals surface area (Å²) in [5, 5.41) is 6.49. The molecule has 0 radical (unpaired) electrons. The maximum atomic E-state index is 12.8. The van der Waals surface area contributed by atoms with E-state index >= 15 is 0 Å². The van der Waals surface area contributed by atoms with Gasteiger partial charge in [0.15, 0.2) is 0 Å². The molecule has 3 rings (SSSR count). The van der Waals surface area contributed by atoms with Gasteiger partial charge in [-0.25, -0.2) is 0 Å². The molecule has 1 fully saturated rings. The molecule has 1 aromatic rings. The summed E-state index contributed by atoms with van der Waals surface area (Å²) in [5.41, 5.74) is 0.867. The molecule has 1 atom stereocenters. The van der Waals surface area contributed by atoms with Crippen LogP contribution in [0.3, 0.4) is 0 Å². The molecule has 26 heavy (non-hydrogen) atoms. The summed E-state index contributed by atoms with van der Waals surface area (Å²) >= 11 is 13.8. The van der Waals surface area contributed by atoms with Crippen molar-refractivity contribution in [1.82, 2.24) is 5.32 Å². The number of thiophene rings is 1. The minimum Gasteiger partial charge on any atom is -0.385 e. The third kappa shape index (κ3) is 3.75. The van der Waals surface area contributed by atoms with Crippen LogP contribution in [0.2, 0.25) is 0 Å². The fourth-order valence-corrected chi connectivity index (χ4v) is 5.28. The zero-order chi connectivity index (χ0) is 18.9. The predicted molar refractivity (Wildman–Crippen MR) is 106 cm³/mol. The van der Waals surface area contributed by atoms with Gasteiger partial charge in [-0.15, -0.1) is 34.5 Å². The summed E-state index contributed by atoms with van der Waals surface area (Å²) in [7, 11) is 1.64. The number of hydrogen-bond acceptors (Lipinski definition) is 4. The van der Waals surface area contributed by atoms with Gasteiger partial charge in [0.1, 0.15) is 9.33 Å². The second-order valence-electron chi connectivity index (χ2n) is 7.18. The minimum atomic E-state index is -1.03. The van der Waals surface area contributed by atoms with E-state index in [2.05, 4.69) is 10.6 Å². The Kier molecular flexibility index (Phi) is 5.87. The predicted octanol–water partition coefficient (Wildman–Crippen LogP) is 3.92. The van der Waals surface area contributed by atoms with E-state index in [0.717, 1.165) is 37.7 Å². The van der Waals surface area contributed by atoms with Gasteiger partial charge in [0, 0.05) is 25.1 Å². The van der Waals surface area contributed by atoms with E-state index in [9.17, 15) is 9.59 Å². The van der Waals surface area contributed by atoms with Gasteiger partial charge in [-0.1, -0.05) is 0 Å². The lowest BCUT2D eigenvalue weighted by atomic mass is 9.95. The number of carbonyl (C=O) groups excluding carboxylic acids is 2. The highest BCUT2D eigenvalue weighted by Gasteiger charge is 2.68. The highest BCUT2D eigenvalue weighted by molar-refractivity contribution is 7.17. The quantitative estimate of drug-likeness (QED) is 0.520. The van der Waals surface area contributed by atoms with Crippen molar-refractivity contribution < 1.29 is 14.3 Å². The molecule has 0 bridgehead atoms. The molecule has 5 nitrogen and oxygen atoms in total. The number of aryl methyl sites for hydroxylation is 1. The van der Waals surface area contributed by atoms with Gasteiger partial charge in [0.05, 0.1) is 11.0 Å². The lowest BCUT2D eigenvalue weighted by Crippen LogP contribution is -2.29. The van der Waals surface area contributed by atoms with Crippen LogP contribution in [0.4, 0.5) is 5.00 Å². The first-order chi connectivity index (χ1) is 12.3. The minimum absolute atomic E-state index is 0.139. The summed E-state index contributed by atoms with van der Waals surface area (Å²) in [6.07, 6.45) is 5.15. The van der Waals surface area contributed by atoms with Gasteiger partial charge < -0.3 is 15.4 Å². The summed E-state index contributed by atoms with van der Waals surface area (Å²) in [5.74, 6) is -0.366. The highest BCUT2D eigenvalue weighted by Crippen LogP contribution is 2.64. The van der Waals surface area contributed by atoms with E-state index in [0.29, 0.717) is 30.1 Å². The molecule has 2 aliphatic rings. The van der Waals surface area contributed by atoms with Crippen molar-refractivity contribution in [3.05, 3.63) is 16.0 Å². The molecule has 2 N–H and O–H groups in total. The maximum Gasteiger partial charge on any atom is 0.254 e. The van der Waals surface area contributed by atoms with Crippen LogP contribution in [0.5, 0.6) is 0 Å². The van der Waals surface area contributed by atoms with Gasteiger partial charge in [-0.05, 0) is 51.0 Å². The standard InChI is InChI=1S/C18H24Cl2N2O3S/c1-17(10-18(17,19)20)16(24)22-15-13(14(23)21-8-5-9-25-2)11-6-3-4-7-12(11)26-15/h3-10H2,1-2H3,(H,21,23)(H,22,24). The second kappa shape index (κ2) is 7.66. The van der Waals surface area contributed by atoms with E-state index in [4.69, 9.17) is 27.9 Å². The van der Waals surface area contributed by atoms with Crippen molar-refractivity contribution in [2.75, 3.05) is 25.6 Å². The number of amides is 2. The molecule has 0 aromatic carbocycles. The van der Waals surface area contributed by atoms with Crippen LogP contribution < -0.4 is 10.6 Å². The molecule has 144 valence electrons. The normalized spacial score (nSPS) is 23.2. The smallest absolute Gasteiger partial charge is 0.254 e. The van der Waals surface area contributed by atoms with E-state index in [1.165, 1.54) is 16.2 Å². The Balaban J connectivity index is 1.79. The van der Waals surface area contributed by atoms with Gasteiger partial charge in [0.2, 0.25) is 5.91 Å². The number of rotatable bonds is 7. The number of alkyl halides is 2. The Bertz CT molecular complexity index is 720. The Morgan fingerprint density at radius 1 is 1.27 bits per heavy atom. The highest BCUT2D eigenvalue weighted by atomic mass is 35.5. The van der Waals surface area contributed by atoms with Gasteiger partial charge in [-0.2, -0.15) is 0 Å². The third-order valence-corrected chi connectivity index (χ3v) is 7.50. The van der Waals surface area contributed by atoms with Crippen LogP contribution >= 0.6 is 34.5 Å². The molecule has 1 heterocycles. The average molecular weight is 419 g/mol. The van der Waals surface area contributed by atoms with Crippen LogP contribution in [0.1, 0.15) is 53.4 Å². The maximum absolute atomic E-state index is 12.8. The largest absolute Gasteiger partial charge is 0.385 e. The SMILES string of the molecule is COCCCNC(=O)c1c(NC(=O)C2(C)CC2(Cl)Cl)sc2c1CCCC2. The summed E-state index contributed by atoms with van der Waals surface area (Å²) < 4.78 is 3.98. The van der Waals surface area contributed by atoms with Gasteiger partial charge in [0.25, 0.3) is 5.91 Å². The first-order valence-electron chi connectivity index (χ1n) is 8.91. The molecule has 0 spiro atoms.